The number of sulfonamides is 1. The Morgan fingerprint density at radius 2 is 1.87 bits per heavy atom. The smallest absolute Gasteiger partial charge is 0.262 e. The number of rotatable bonds is 6. The zero-order valence-electron chi connectivity index (χ0n) is 18.1. The van der Waals surface area contributed by atoms with Crippen molar-refractivity contribution in [2.45, 2.75) is 31.6 Å². The lowest BCUT2D eigenvalue weighted by molar-refractivity contribution is 0.0683. The third kappa shape index (κ3) is 5.07. The highest BCUT2D eigenvalue weighted by molar-refractivity contribution is 7.92. The van der Waals surface area contributed by atoms with Gasteiger partial charge in [0.25, 0.3) is 15.9 Å². The maximum Gasteiger partial charge on any atom is 0.262 e. The lowest BCUT2D eigenvalue weighted by Gasteiger charge is -2.31. The maximum atomic E-state index is 13.2. The molecule has 1 saturated heterocycles. The van der Waals surface area contributed by atoms with Gasteiger partial charge in [0.2, 0.25) is 0 Å². The van der Waals surface area contributed by atoms with Crippen molar-refractivity contribution in [3.63, 3.8) is 0 Å². The molecule has 1 heterocycles. The summed E-state index contributed by atoms with van der Waals surface area (Å²) in [6.45, 7) is 5.15. The van der Waals surface area contributed by atoms with Crippen molar-refractivity contribution in [2.24, 2.45) is 5.92 Å². The zero-order chi connectivity index (χ0) is 22.8. The molecule has 0 aliphatic carbocycles. The molecule has 0 spiro atoms. The van der Waals surface area contributed by atoms with Crippen LogP contribution in [0, 0.1) is 12.8 Å². The van der Waals surface area contributed by atoms with E-state index < -0.39 is 10.0 Å². The highest BCUT2D eigenvalue weighted by Gasteiger charge is 2.25. The van der Waals surface area contributed by atoms with Crippen molar-refractivity contribution in [3.05, 3.63) is 46.5 Å². The molecule has 1 aliphatic heterocycles. The largest absolute Gasteiger partial charge is 0.495 e. The Balaban J connectivity index is 1.94. The summed E-state index contributed by atoms with van der Waals surface area (Å²) in [7, 11) is -1.13. The van der Waals surface area contributed by atoms with E-state index >= 15 is 0 Å². The van der Waals surface area contributed by atoms with E-state index in [1.54, 1.807) is 24.0 Å². The van der Waals surface area contributed by atoms with E-state index in [1.165, 1.54) is 32.4 Å². The Bertz CT molecular complexity index is 1090. The molecule has 168 valence electrons. The van der Waals surface area contributed by atoms with E-state index in [4.69, 9.17) is 21.1 Å². The minimum absolute atomic E-state index is 0.0254. The number of hydrogen-bond acceptors (Lipinski definition) is 5. The predicted molar refractivity (Wildman–Crippen MR) is 121 cm³/mol. The van der Waals surface area contributed by atoms with Gasteiger partial charge in [-0.05, 0) is 49.4 Å². The number of carbonyl (C=O) groups is 1. The van der Waals surface area contributed by atoms with Crippen molar-refractivity contribution in [1.82, 2.24) is 4.90 Å². The molecule has 31 heavy (non-hydrogen) atoms. The summed E-state index contributed by atoms with van der Waals surface area (Å²) >= 11 is 6.16. The van der Waals surface area contributed by atoms with Gasteiger partial charge in [-0.1, -0.05) is 24.6 Å². The number of piperidine rings is 1. The van der Waals surface area contributed by atoms with Crippen molar-refractivity contribution in [1.29, 1.82) is 0 Å². The summed E-state index contributed by atoms with van der Waals surface area (Å²) in [4.78, 5) is 14.8. The van der Waals surface area contributed by atoms with Crippen LogP contribution in [0.25, 0.3) is 0 Å². The normalized spacial score (nSPS) is 16.7. The first kappa shape index (κ1) is 23.2. The zero-order valence-corrected chi connectivity index (χ0v) is 19.6. The fraction of sp³-hybridized carbons (Fsp3) is 0.409. The number of halogens is 1. The van der Waals surface area contributed by atoms with Crippen LogP contribution in [0.2, 0.25) is 5.02 Å². The van der Waals surface area contributed by atoms with Crippen molar-refractivity contribution < 1.29 is 22.7 Å². The van der Waals surface area contributed by atoms with Crippen LogP contribution in [-0.4, -0.2) is 46.5 Å². The van der Waals surface area contributed by atoms with Gasteiger partial charge in [-0.2, -0.15) is 0 Å². The van der Waals surface area contributed by atoms with Crippen LogP contribution >= 0.6 is 11.6 Å². The minimum atomic E-state index is -4.01. The number of benzene rings is 2. The molecule has 0 aromatic heterocycles. The second kappa shape index (κ2) is 9.36. The summed E-state index contributed by atoms with van der Waals surface area (Å²) in [5.41, 5.74) is 1.05. The second-order valence-corrected chi connectivity index (χ2v) is 9.83. The molecule has 2 aromatic rings. The van der Waals surface area contributed by atoms with Gasteiger partial charge in [-0.25, -0.2) is 8.42 Å². The molecular weight excluding hydrogens is 440 g/mol. The van der Waals surface area contributed by atoms with Gasteiger partial charge in [-0.3, -0.25) is 9.52 Å². The average molecular weight is 467 g/mol. The molecule has 9 heteroatoms. The molecule has 2 aromatic carbocycles. The topological polar surface area (TPSA) is 84.9 Å². The first-order valence-corrected chi connectivity index (χ1v) is 11.9. The standard InChI is InChI=1S/C22H27ClN2O5S/c1-14-6-5-9-25(13-14)22(26)16-8-7-15(2)21(10-16)31(27,28)24-18-11-17(23)19(29-3)12-20(18)30-4/h7-8,10-12,14,24H,5-6,9,13H2,1-4H3/t14-/m0/s1. The Hall–Kier alpha value is -2.45. The molecular formula is C22H27ClN2O5S. The van der Waals surface area contributed by atoms with Crippen LogP contribution < -0.4 is 14.2 Å². The lowest BCUT2D eigenvalue weighted by Crippen LogP contribution is -2.39. The monoisotopic (exact) mass is 466 g/mol. The fourth-order valence-corrected chi connectivity index (χ4v) is 5.29. The van der Waals surface area contributed by atoms with E-state index in [0.29, 0.717) is 35.9 Å². The van der Waals surface area contributed by atoms with Crippen molar-refractivity contribution in [2.75, 3.05) is 32.0 Å². The van der Waals surface area contributed by atoms with Crippen LogP contribution in [0.3, 0.4) is 0 Å². The first-order chi connectivity index (χ1) is 14.7. The molecule has 1 aliphatic rings. The van der Waals surface area contributed by atoms with Crippen LogP contribution in [0.1, 0.15) is 35.7 Å². The molecule has 0 bridgehead atoms. The number of methoxy groups -OCH3 is 2. The van der Waals surface area contributed by atoms with Gasteiger partial charge in [0.15, 0.2) is 0 Å². The summed E-state index contributed by atoms with van der Waals surface area (Å²) in [5, 5.41) is 0.237. The molecule has 1 atom stereocenters. The lowest BCUT2D eigenvalue weighted by atomic mass is 9.99. The molecule has 0 saturated carbocycles. The van der Waals surface area contributed by atoms with Gasteiger partial charge in [0.1, 0.15) is 11.5 Å². The fourth-order valence-electron chi connectivity index (χ4n) is 3.72. The third-order valence-corrected chi connectivity index (χ3v) is 7.19. The van der Waals surface area contributed by atoms with Crippen LogP contribution in [-0.2, 0) is 10.0 Å². The van der Waals surface area contributed by atoms with Gasteiger partial charge >= 0.3 is 0 Å². The van der Waals surface area contributed by atoms with E-state index in [-0.39, 0.29) is 27.3 Å². The van der Waals surface area contributed by atoms with E-state index in [9.17, 15) is 13.2 Å². The van der Waals surface area contributed by atoms with Crippen molar-refractivity contribution in [3.8, 4) is 11.5 Å². The van der Waals surface area contributed by atoms with E-state index in [1.807, 2.05) is 0 Å². The summed E-state index contributed by atoms with van der Waals surface area (Å²) in [6, 6.07) is 7.67. The molecule has 0 unspecified atom stereocenters. The van der Waals surface area contributed by atoms with Gasteiger partial charge in [0, 0.05) is 24.7 Å². The third-order valence-electron chi connectivity index (χ3n) is 5.39. The highest BCUT2D eigenvalue weighted by Crippen LogP contribution is 2.37. The number of likely N-dealkylation sites (tertiary alicyclic amines) is 1. The molecule has 3 rings (SSSR count). The van der Waals surface area contributed by atoms with E-state index in [0.717, 1.165) is 12.8 Å². The maximum absolute atomic E-state index is 13.2. The Morgan fingerprint density at radius 3 is 2.52 bits per heavy atom. The SMILES string of the molecule is COc1cc(OC)c(NS(=O)(=O)c2cc(C(=O)N3CCC[C@H](C)C3)ccc2C)cc1Cl. The number of carbonyl (C=O) groups excluding carboxylic acids is 1. The molecule has 1 amide bonds. The number of amides is 1. The quantitative estimate of drug-likeness (QED) is 0.684. The first-order valence-electron chi connectivity index (χ1n) is 10.0. The van der Waals surface area contributed by atoms with E-state index in [2.05, 4.69) is 11.6 Å². The van der Waals surface area contributed by atoms with Crippen LogP contribution in [0.15, 0.2) is 35.2 Å². The van der Waals surface area contributed by atoms with Crippen molar-refractivity contribution >= 4 is 33.2 Å². The number of nitrogens with one attached hydrogen (secondary N) is 1. The highest BCUT2D eigenvalue weighted by atomic mass is 35.5. The molecule has 7 nitrogen and oxygen atoms in total. The van der Waals surface area contributed by atoms with Crippen LogP contribution in [0.4, 0.5) is 5.69 Å². The van der Waals surface area contributed by atoms with Gasteiger partial charge in [0.05, 0.1) is 29.8 Å². The summed E-state index contributed by atoms with van der Waals surface area (Å²) < 4.78 is 39.3. The molecule has 1 fully saturated rings. The summed E-state index contributed by atoms with van der Waals surface area (Å²) in [6.07, 6.45) is 2.04. The molecule has 0 radical (unpaired) electrons. The average Bonchev–Trinajstić information content (AvgIpc) is 2.73. The number of anilines is 1. The van der Waals surface area contributed by atoms with Gasteiger partial charge in [-0.15, -0.1) is 0 Å². The Morgan fingerprint density at radius 1 is 1.16 bits per heavy atom. The number of ether oxygens (including phenoxy) is 2. The van der Waals surface area contributed by atoms with Gasteiger partial charge < -0.3 is 14.4 Å². The van der Waals surface area contributed by atoms with Crippen LogP contribution in [0.5, 0.6) is 11.5 Å². The number of aryl methyl sites for hydroxylation is 1. The minimum Gasteiger partial charge on any atom is -0.495 e. The number of hydrogen-bond donors (Lipinski definition) is 1. The second-order valence-electron chi connectivity index (χ2n) is 7.77. The predicted octanol–water partition coefficient (Wildman–Crippen LogP) is 4.34. The molecule has 1 N–H and O–H groups in total. The Kier molecular flexibility index (Phi) is 7.01. The summed E-state index contributed by atoms with van der Waals surface area (Å²) in [5.74, 6) is 0.895. The number of nitrogens with zero attached hydrogens (tertiary/aromatic N) is 1. The Labute approximate surface area is 188 Å².